The van der Waals surface area contributed by atoms with E-state index in [1.807, 2.05) is 18.2 Å². The molecule has 0 unspecified atom stereocenters. The van der Waals surface area contributed by atoms with Crippen molar-refractivity contribution in [2.24, 2.45) is 11.8 Å². The van der Waals surface area contributed by atoms with Crippen molar-refractivity contribution in [3.05, 3.63) is 70.3 Å². The first-order valence-corrected chi connectivity index (χ1v) is 22.1. The molecule has 2 aliphatic carbocycles. The van der Waals surface area contributed by atoms with Crippen LogP contribution in [0.4, 0.5) is 5.69 Å². The second kappa shape index (κ2) is 15.4. The molecule has 2 fully saturated rings. The van der Waals surface area contributed by atoms with E-state index < -0.39 is 37.3 Å². The van der Waals surface area contributed by atoms with Crippen LogP contribution in [0.1, 0.15) is 60.0 Å². The lowest BCUT2D eigenvalue weighted by atomic mass is 9.68. The van der Waals surface area contributed by atoms with Gasteiger partial charge in [0.1, 0.15) is 5.75 Å². The van der Waals surface area contributed by atoms with Crippen LogP contribution in [0.15, 0.2) is 48.6 Å². The van der Waals surface area contributed by atoms with Gasteiger partial charge in [-0.2, -0.15) is 17.0 Å². The maximum Gasteiger partial charge on any atom is 0.281 e. The first kappa shape index (κ1) is 39.0. The number of sulfonamides is 1. The molecule has 5 aliphatic rings. The van der Waals surface area contributed by atoms with Crippen LogP contribution in [0, 0.1) is 11.8 Å². The fraction of sp³-hybridized carbons (Fsp3) is 0.579. The number of allylic oxidation sites excluding steroid dienone is 1. The van der Waals surface area contributed by atoms with Gasteiger partial charge >= 0.3 is 0 Å². The number of piperazine rings is 1. The van der Waals surface area contributed by atoms with Crippen LogP contribution < -0.4 is 14.4 Å². The van der Waals surface area contributed by atoms with Crippen molar-refractivity contribution in [1.29, 1.82) is 0 Å². The fourth-order valence-electron chi connectivity index (χ4n) is 8.91. The minimum atomic E-state index is -4.53. The molecule has 1 spiro atoms. The molecular weight excluding hydrogens is 754 g/mol. The van der Waals surface area contributed by atoms with Gasteiger partial charge in [0.25, 0.3) is 16.1 Å². The van der Waals surface area contributed by atoms with Crippen molar-refractivity contribution in [3.63, 3.8) is 0 Å². The first-order chi connectivity index (χ1) is 25.7. The van der Waals surface area contributed by atoms with Gasteiger partial charge in [0, 0.05) is 76.5 Å². The Labute approximate surface area is 323 Å². The van der Waals surface area contributed by atoms with Gasteiger partial charge in [0.05, 0.1) is 18.4 Å². The Balaban J connectivity index is 1.21. The van der Waals surface area contributed by atoms with Gasteiger partial charge < -0.3 is 19.3 Å². The summed E-state index contributed by atoms with van der Waals surface area (Å²) < 4.78 is 70.6. The zero-order valence-corrected chi connectivity index (χ0v) is 33.5. The van der Waals surface area contributed by atoms with E-state index in [1.54, 1.807) is 25.3 Å². The number of anilines is 1. The summed E-state index contributed by atoms with van der Waals surface area (Å²) in [5, 5.41) is -0.869. The van der Waals surface area contributed by atoms with Gasteiger partial charge in [-0.05, 0) is 98.2 Å². The molecule has 2 amide bonds. The van der Waals surface area contributed by atoms with Crippen molar-refractivity contribution in [3.8, 4) is 5.75 Å². The van der Waals surface area contributed by atoms with E-state index in [0.29, 0.717) is 36.4 Å². The Kier molecular flexibility index (Phi) is 11.1. The van der Waals surface area contributed by atoms with Gasteiger partial charge in [0.2, 0.25) is 15.9 Å². The van der Waals surface area contributed by atoms with Gasteiger partial charge in [-0.3, -0.25) is 9.59 Å². The highest BCUT2D eigenvalue weighted by molar-refractivity contribution is 7.91. The number of aryl methyl sites for hydroxylation is 1. The average molecular weight is 804 g/mol. The highest BCUT2D eigenvalue weighted by Crippen LogP contribution is 2.47. The molecule has 1 N–H and O–H groups in total. The molecule has 1 saturated heterocycles. The molecule has 1 saturated carbocycles. The number of methoxy groups -OCH3 is 1. The van der Waals surface area contributed by atoms with Crippen LogP contribution in [-0.2, 0) is 41.6 Å². The fourth-order valence-corrected chi connectivity index (χ4v) is 11.6. The van der Waals surface area contributed by atoms with Crippen molar-refractivity contribution in [2.75, 3.05) is 72.0 Å². The summed E-state index contributed by atoms with van der Waals surface area (Å²) in [5.41, 5.74) is 2.98. The van der Waals surface area contributed by atoms with Crippen LogP contribution >= 0.6 is 11.6 Å². The highest BCUT2D eigenvalue weighted by atomic mass is 35.5. The summed E-state index contributed by atoms with van der Waals surface area (Å²) >= 11 is 6.44. The molecule has 3 aliphatic heterocycles. The average Bonchev–Trinajstić information content (AvgIpc) is 3.28. The number of halogens is 1. The number of carbonyl (C=O) groups excluding carboxylic acids is 2. The summed E-state index contributed by atoms with van der Waals surface area (Å²) in [7, 11) is -3.67. The minimum Gasteiger partial charge on any atom is -0.490 e. The number of ether oxygens (including phenoxy) is 2. The highest BCUT2D eigenvalue weighted by Gasteiger charge is 2.45. The Morgan fingerprint density at radius 3 is 2.56 bits per heavy atom. The zero-order chi connectivity index (χ0) is 38.4. The summed E-state index contributed by atoms with van der Waals surface area (Å²) in [6.07, 6.45) is 8.67. The molecule has 294 valence electrons. The summed E-state index contributed by atoms with van der Waals surface area (Å²) in [5.74, 6) is -0.364. The van der Waals surface area contributed by atoms with Crippen LogP contribution in [0.3, 0.4) is 0 Å². The van der Waals surface area contributed by atoms with E-state index in [9.17, 15) is 26.4 Å². The molecule has 13 nitrogen and oxygen atoms in total. The summed E-state index contributed by atoms with van der Waals surface area (Å²) in [6.45, 7) is 1.90. The second-order valence-corrected chi connectivity index (χ2v) is 19.9. The molecular formula is C38H50ClN5O8S2. The van der Waals surface area contributed by atoms with Gasteiger partial charge in [0.15, 0.2) is 5.25 Å². The molecule has 0 radical (unpaired) electrons. The Morgan fingerprint density at radius 1 is 1.07 bits per heavy atom. The molecule has 0 aromatic heterocycles. The Hall–Kier alpha value is -3.21. The van der Waals surface area contributed by atoms with Crippen molar-refractivity contribution in [2.45, 2.75) is 61.7 Å². The van der Waals surface area contributed by atoms with Crippen LogP contribution in [0.5, 0.6) is 5.75 Å². The first-order valence-electron chi connectivity index (χ1n) is 18.7. The molecule has 2 bridgehead atoms. The third-order valence-corrected chi connectivity index (χ3v) is 15.9. The van der Waals surface area contributed by atoms with Crippen molar-refractivity contribution >= 4 is 49.3 Å². The quantitative estimate of drug-likeness (QED) is 0.459. The number of carbonyl (C=O) groups is 2. The van der Waals surface area contributed by atoms with E-state index in [2.05, 4.69) is 21.8 Å². The van der Waals surface area contributed by atoms with E-state index in [0.717, 1.165) is 42.1 Å². The summed E-state index contributed by atoms with van der Waals surface area (Å²) in [4.78, 5) is 31.5. The lowest BCUT2D eigenvalue weighted by Crippen LogP contribution is -2.56. The van der Waals surface area contributed by atoms with Crippen LogP contribution in [0.25, 0.3) is 0 Å². The number of rotatable bonds is 4. The van der Waals surface area contributed by atoms with Gasteiger partial charge in [-0.25, -0.2) is 13.1 Å². The predicted molar refractivity (Wildman–Crippen MR) is 207 cm³/mol. The lowest BCUT2D eigenvalue weighted by molar-refractivity contribution is -0.132. The molecule has 54 heavy (non-hydrogen) atoms. The summed E-state index contributed by atoms with van der Waals surface area (Å²) in [6, 6.07) is 11.1. The zero-order valence-electron chi connectivity index (χ0n) is 31.1. The number of benzene rings is 2. The number of amides is 2. The Morgan fingerprint density at radius 2 is 1.85 bits per heavy atom. The largest absolute Gasteiger partial charge is 0.490 e. The molecule has 3 heterocycles. The van der Waals surface area contributed by atoms with Gasteiger partial charge in [-0.15, -0.1) is 0 Å². The van der Waals surface area contributed by atoms with Crippen LogP contribution in [-0.4, -0.2) is 121 Å². The van der Waals surface area contributed by atoms with E-state index in [1.165, 1.54) is 34.4 Å². The third-order valence-electron chi connectivity index (χ3n) is 12.1. The Bertz CT molecular complexity index is 2020. The third kappa shape index (κ3) is 7.51. The van der Waals surface area contributed by atoms with Crippen LogP contribution in [0.2, 0.25) is 5.02 Å². The second-order valence-electron chi connectivity index (χ2n) is 15.5. The molecule has 5 atom stereocenters. The van der Waals surface area contributed by atoms with E-state index in [-0.39, 0.29) is 62.0 Å². The molecule has 2 aromatic carbocycles. The maximum atomic E-state index is 14.0. The number of hydrogen-bond donors (Lipinski definition) is 1. The molecule has 7 rings (SSSR count). The molecule has 2 aromatic rings. The SMILES string of the molecule is CO[C@H]1/C=C/CC[C@H](C(=O)N2CCN(S(=O)(=O)N(C)C)CC2)S(=O)(=O)NC(=O)c2ccc3c(c2)N(C[C@@H]2CC[C@H]21)C[C@@]1(CCCc2cc(Cl)ccc21)CO3. The van der Waals surface area contributed by atoms with Crippen molar-refractivity contribution in [1.82, 2.24) is 18.2 Å². The smallest absolute Gasteiger partial charge is 0.281 e. The van der Waals surface area contributed by atoms with Gasteiger partial charge in [-0.1, -0.05) is 29.8 Å². The topological polar surface area (TPSA) is 146 Å². The van der Waals surface area contributed by atoms with Crippen molar-refractivity contribution < 1.29 is 35.9 Å². The number of nitrogens with one attached hydrogen (secondary N) is 1. The lowest BCUT2D eigenvalue weighted by Gasteiger charge is -2.46. The number of fused-ring (bicyclic) bond motifs is 4. The van der Waals surface area contributed by atoms with E-state index in [4.69, 9.17) is 21.1 Å². The minimum absolute atomic E-state index is 0.0240. The normalized spacial score (nSPS) is 29.6. The number of hydrogen-bond acceptors (Lipinski definition) is 9. The van der Waals surface area contributed by atoms with E-state index >= 15 is 0 Å². The standard InChI is InChI=1S/C38H50ClN5O8S2/c1-41(2)54(49,50)44-19-17-42(18-20-44)37(46)35-9-5-4-8-33(51-3)30-13-10-28(30)23-43-24-38(16-6-7-26-21-29(39)12-14-31(26)38)25-52-34-15-11-27(22-32(34)43)36(45)40-53(35,47)48/h4,8,11-12,14-15,21-22,28,30,33,35H,5-7,9-10,13,16-20,23-25H2,1-3H3,(H,40,45)/b8-4+/t28-,30+,33-,35+,38-/m0/s1. The predicted octanol–water partition coefficient (Wildman–Crippen LogP) is 3.58. The maximum absolute atomic E-state index is 14.0. The monoisotopic (exact) mass is 803 g/mol. The number of nitrogens with zero attached hydrogens (tertiary/aromatic N) is 4. The molecule has 16 heteroatoms.